The molecule has 1 aliphatic rings. The number of aromatic nitrogens is 2. The zero-order valence-electron chi connectivity index (χ0n) is 17.3. The number of benzene rings is 2. The number of rotatable bonds is 8. The molecule has 0 spiro atoms. The Balaban J connectivity index is 1.64. The summed E-state index contributed by atoms with van der Waals surface area (Å²) in [7, 11) is 0. The van der Waals surface area contributed by atoms with Gasteiger partial charge < -0.3 is 19.8 Å². The first-order chi connectivity index (χ1) is 16.0. The molecule has 0 saturated carbocycles. The first kappa shape index (κ1) is 22.8. The van der Waals surface area contributed by atoms with Gasteiger partial charge in [0.15, 0.2) is 12.3 Å². The van der Waals surface area contributed by atoms with Crippen molar-refractivity contribution < 1.29 is 29.2 Å². The third kappa shape index (κ3) is 4.31. The Kier molecular flexibility index (Phi) is 6.65. The summed E-state index contributed by atoms with van der Waals surface area (Å²) in [5.41, 5.74) is -0.991. The van der Waals surface area contributed by atoms with Crippen LogP contribution in [0.2, 0.25) is 0 Å². The molecule has 174 valence electrons. The number of anilines is 1. The van der Waals surface area contributed by atoms with E-state index in [4.69, 9.17) is 4.74 Å². The number of carbonyl (C=O) groups excluding carboxylic acids is 1. The number of hydrogen-bond acceptors (Lipinski definition) is 7. The Labute approximate surface area is 186 Å². The second kappa shape index (κ2) is 9.63. The fourth-order valence-electron chi connectivity index (χ4n) is 4.04. The van der Waals surface area contributed by atoms with Crippen LogP contribution in [0, 0.1) is 0 Å². The molecule has 2 heterocycles. The van der Waals surface area contributed by atoms with Crippen molar-refractivity contribution in [1.29, 1.82) is 0 Å². The molecule has 0 unspecified atom stereocenters. The van der Waals surface area contributed by atoms with E-state index in [-0.39, 0.29) is 12.2 Å². The molecule has 0 bridgehead atoms. The van der Waals surface area contributed by atoms with Crippen molar-refractivity contribution in [3.8, 4) is 0 Å². The minimum absolute atomic E-state index is 0.120. The molecule has 10 nitrogen and oxygen atoms in total. The Bertz CT molecular complexity index is 1260. The van der Waals surface area contributed by atoms with Gasteiger partial charge in [0.2, 0.25) is 6.41 Å². The van der Waals surface area contributed by atoms with E-state index < -0.39 is 42.4 Å². The minimum atomic E-state index is -1.63. The first-order valence-electron chi connectivity index (χ1n) is 10.2. The number of halogens is 1. The summed E-state index contributed by atoms with van der Waals surface area (Å²) in [6.07, 6.45) is -3.95. The standard InChI is InChI=1S/C22H22FN3O7/c23-33-19-18(29)17(11-27)32-21(19)26-10-16(20(30)24-22(26)31)25(12-28)9-8-14-6-3-5-13-4-1-2-7-15(13)14/h1-7,10,12,17-19,21,27,29H,8-9,11H2,(H,24,30,31)/t17-,18+,19-,21-/m1/s1. The lowest BCUT2D eigenvalue weighted by molar-refractivity contribution is -0.221. The van der Waals surface area contributed by atoms with Gasteiger partial charge in [0.1, 0.15) is 17.9 Å². The number of aromatic amines is 1. The van der Waals surface area contributed by atoms with Gasteiger partial charge in [-0.25, -0.2) is 4.79 Å². The third-order valence-electron chi connectivity index (χ3n) is 5.76. The van der Waals surface area contributed by atoms with E-state index in [1.807, 2.05) is 42.5 Å². The van der Waals surface area contributed by atoms with E-state index in [0.717, 1.165) is 32.0 Å². The average Bonchev–Trinajstić information content (AvgIpc) is 3.15. The highest BCUT2D eigenvalue weighted by molar-refractivity contribution is 5.85. The van der Waals surface area contributed by atoms with Crippen LogP contribution in [0.5, 0.6) is 0 Å². The number of hydrogen-bond donors (Lipinski definition) is 3. The number of ether oxygens (including phenoxy) is 1. The maximum absolute atomic E-state index is 13.1. The zero-order valence-corrected chi connectivity index (χ0v) is 17.3. The molecule has 0 radical (unpaired) electrons. The van der Waals surface area contributed by atoms with Gasteiger partial charge in [0.05, 0.1) is 6.61 Å². The molecule has 1 amide bonds. The summed E-state index contributed by atoms with van der Waals surface area (Å²) >= 11 is 0. The van der Waals surface area contributed by atoms with Gasteiger partial charge in [-0.05, 0) is 27.3 Å². The van der Waals surface area contributed by atoms with Crippen molar-refractivity contribution in [2.24, 2.45) is 0 Å². The number of nitrogens with one attached hydrogen (secondary N) is 1. The van der Waals surface area contributed by atoms with Crippen LogP contribution in [0.15, 0.2) is 58.3 Å². The van der Waals surface area contributed by atoms with Crippen LogP contribution in [-0.2, 0) is 20.9 Å². The Morgan fingerprint density at radius 3 is 2.70 bits per heavy atom. The molecule has 4 rings (SSSR count). The monoisotopic (exact) mass is 459 g/mol. The lowest BCUT2D eigenvalue weighted by Crippen LogP contribution is -2.41. The molecule has 2 aromatic carbocycles. The summed E-state index contributed by atoms with van der Waals surface area (Å²) in [6, 6.07) is 13.5. The lowest BCUT2D eigenvalue weighted by Gasteiger charge is -2.21. The van der Waals surface area contributed by atoms with Gasteiger partial charge in [0, 0.05) is 12.7 Å². The highest BCUT2D eigenvalue weighted by Crippen LogP contribution is 2.31. The Hall–Kier alpha value is -3.38. The summed E-state index contributed by atoms with van der Waals surface area (Å²) in [5.74, 6) is 0. The second-order valence-electron chi connectivity index (χ2n) is 7.66. The molecule has 0 aliphatic carbocycles. The number of carbonyl (C=O) groups is 1. The molecule has 1 aromatic heterocycles. The maximum atomic E-state index is 13.1. The molecule has 1 saturated heterocycles. The van der Waals surface area contributed by atoms with Gasteiger partial charge >= 0.3 is 5.69 Å². The van der Waals surface area contributed by atoms with Gasteiger partial charge in [-0.1, -0.05) is 42.5 Å². The van der Waals surface area contributed by atoms with Crippen LogP contribution in [0.3, 0.4) is 0 Å². The summed E-state index contributed by atoms with van der Waals surface area (Å²) < 4.78 is 19.3. The highest BCUT2D eigenvalue weighted by Gasteiger charge is 2.47. The molecule has 1 aliphatic heterocycles. The molecular weight excluding hydrogens is 437 g/mol. The predicted molar refractivity (Wildman–Crippen MR) is 115 cm³/mol. The lowest BCUT2D eigenvalue weighted by atomic mass is 10.0. The summed E-state index contributed by atoms with van der Waals surface area (Å²) in [6.45, 7) is -0.525. The Morgan fingerprint density at radius 1 is 1.21 bits per heavy atom. The van der Waals surface area contributed by atoms with Crippen molar-refractivity contribution in [3.05, 3.63) is 75.1 Å². The van der Waals surface area contributed by atoms with Gasteiger partial charge in [-0.15, -0.1) is 0 Å². The van der Waals surface area contributed by atoms with Crippen molar-refractivity contribution >= 4 is 22.9 Å². The number of fused-ring (bicyclic) bond motifs is 1. The predicted octanol–water partition coefficient (Wildman–Crippen LogP) is 0.416. The van der Waals surface area contributed by atoms with Crippen molar-refractivity contribution in [2.75, 3.05) is 18.1 Å². The van der Waals surface area contributed by atoms with Crippen LogP contribution in [0.1, 0.15) is 11.8 Å². The van der Waals surface area contributed by atoms with Crippen molar-refractivity contribution in [2.45, 2.75) is 31.0 Å². The molecule has 33 heavy (non-hydrogen) atoms. The number of nitrogens with zero attached hydrogens (tertiary/aromatic N) is 2. The zero-order chi connectivity index (χ0) is 23.5. The normalized spacial score (nSPS) is 22.5. The van der Waals surface area contributed by atoms with E-state index in [0.29, 0.717) is 12.8 Å². The van der Waals surface area contributed by atoms with Crippen LogP contribution in [-0.4, -0.2) is 57.6 Å². The summed E-state index contributed by atoms with van der Waals surface area (Å²) in [5, 5.41) is 21.4. The first-order valence-corrected chi connectivity index (χ1v) is 10.2. The highest BCUT2D eigenvalue weighted by atomic mass is 19.3. The molecule has 11 heteroatoms. The van der Waals surface area contributed by atoms with Crippen LogP contribution in [0.25, 0.3) is 10.8 Å². The quantitative estimate of drug-likeness (QED) is 0.416. The van der Waals surface area contributed by atoms with E-state index in [1.165, 1.54) is 0 Å². The van der Waals surface area contributed by atoms with Crippen LogP contribution in [0.4, 0.5) is 10.2 Å². The number of H-pyrrole nitrogens is 1. The van der Waals surface area contributed by atoms with Crippen molar-refractivity contribution in [3.63, 3.8) is 0 Å². The van der Waals surface area contributed by atoms with E-state index in [1.54, 1.807) is 0 Å². The van der Waals surface area contributed by atoms with E-state index in [9.17, 15) is 29.1 Å². The molecule has 3 aromatic rings. The fourth-order valence-corrected chi connectivity index (χ4v) is 4.04. The second-order valence-corrected chi connectivity index (χ2v) is 7.66. The number of amides is 1. The SMILES string of the molecule is O=CN(CCc1cccc2ccccc12)c1cn([C@@H]2O[C@H](CO)[C@H](O)[C@H]2OF)c(=O)[nH]c1=O. The van der Waals surface area contributed by atoms with Gasteiger partial charge in [-0.2, -0.15) is 4.94 Å². The van der Waals surface area contributed by atoms with Crippen molar-refractivity contribution in [1.82, 2.24) is 9.55 Å². The number of aliphatic hydroxyl groups excluding tert-OH is 2. The summed E-state index contributed by atoms with van der Waals surface area (Å²) in [4.78, 5) is 43.6. The van der Waals surface area contributed by atoms with Gasteiger partial charge in [0.25, 0.3) is 5.56 Å². The largest absolute Gasteiger partial charge is 0.394 e. The number of aliphatic hydroxyl groups is 2. The maximum Gasteiger partial charge on any atom is 0.330 e. The molecule has 3 N–H and O–H groups in total. The van der Waals surface area contributed by atoms with Gasteiger partial charge in [-0.3, -0.25) is 19.1 Å². The third-order valence-corrected chi connectivity index (χ3v) is 5.76. The average molecular weight is 459 g/mol. The Morgan fingerprint density at radius 2 is 1.97 bits per heavy atom. The van der Waals surface area contributed by atoms with Crippen LogP contribution >= 0.6 is 0 Å². The van der Waals surface area contributed by atoms with Crippen LogP contribution < -0.4 is 16.1 Å². The smallest absolute Gasteiger partial charge is 0.330 e. The topological polar surface area (TPSA) is 134 Å². The molecule has 4 atom stereocenters. The minimum Gasteiger partial charge on any atom is -0.394 e. The molecular formula is C22H22FN3O7. The fraction of sp³-hybridized carbons (Fsp3) is 0.318. The van der Waals surface area contributed by atoms with E-state index >= 15 is 0 Å². The molecule has 1 fully saturated rings. The van der Waals surface area contributed by atoms with E-state index in [2.05, 4.69) is 9.93 Å².